The van der Waals surface area contributed by atoms with E-state index in [-0.39, 0.29) is 5.92 Å². The van der Waals surface area contributed by atoms with Crippen LogP contribution in [0.4, 0.5) is 0 Å². The van der Waals surface area contributed by atoms with Crippen molar-refractivity contribution in [3.63, 3.8) is 0 Å². The minimum atomic E-state index is -0.616. The van der Waals surface area contributed by atoms with Crippen LogP contribution < -0.4 is 5.73 Å². The second-order valence-electron chi connectivity index (χ2n) is 2.78. The van der Waals surface area contributed by atoms with E-state index in [0.29, 0.717) is 0 Å². The zero-order valence-corrected chi connectivity index (χ0v) is 7.00. The second-order valence-corrected chi connectivity index (χ2v) is 2.78. The summed E-state index contributed by atoms with van der Waals surface area (Å²) in [6.07, 6.45) is 1.85. The molecule has 0 aliphatic heterocycles. The van der Waals surface area contributed by atoms with E-state index >= 15 is 0 Å². The maximum absolute atomic E-state index is 10.6. The Morgan fingerprint density at radius 3 is 2.55 bits per heavy atom. The number of amides is 1. The third kappa shape index (κ3) is 3.03. The van der Waals surface area contributed by atoms with Crippen molar-refractivity contribution in [2.75, 3.05) is 0 Å². The molecule has 3 nitrogen and oxygen atoms in total. The number of carbonyl (C=O) groups excluding carboxylic acids is 1. The standard InChI is InChI=1S/C8H14N2O/c1-3-4-6(2)7(5-9)8(10)11/h6-7H,3-4H2,1-2H3,(H2,10,11)/t6-,7+/m1/s1. The van der Waals surface area contributed by atoms with Crippen molar-refractivity contribution in [1.29, 1.82) is 5.26 Å². The largest absolute Gasteiger partial charge is 0.369 e. The molecule has 62 valence electrons. The minimum Gasteiger partial charge on any atom is -0.369 e. The van der Waals surface area contributed by atoms with Gasteiger partial charge < -0.3 is 5.73 Å². The lowest BCUT2D eigenvalue weighted by Gasteiger charge is -2.12. The van der Waals surface area contributed by atoms with Gasteiger partial charge in [-0.05, 0) is 12.3 Å². The lowest BCUT2D eigenvalue weighted by molar-refractivity contribution is -0.121. The number of nitriles is 1. The summed E-state index contributed by atoms with van der Waals surface area (Å²) in [7, 11) is 0. The fraction of sp³-hybridized carbons (Fsp3) is 0.750. The van der Waals surface area contributed by atoms with Crippen LogP contribution in [-0.2, 0) is 4.79 Å². The summed E-state index contributed by atoms with van der Waals surface area (Å²) in [6.45, 7) is 3.90. The number of rotatable bonds is 4. The normalized spacial score (nSPS) is 15.0. The van der Waals surface area contributed by atoms with Crippen LogP contribution in [0.25, 0.3) is 0 Å². The van der Waals surface area contributed by atoms with Crippen molar-refractivity contribution in [1.82, 2.24) is 0 Å². The first kappa shape index (κ1) is 9.96. The zero-order chi connectivity index (χ0) is 8.85. The van der Waals surface area contributed by atoms with E-state index in [0.717, 1.165) is 12.8 Å². The molecule has 0 rings (SSSR count). The van der Waals surface area contributed by atoms with Gasteiger partial charge in [0.15, 0.2) is 0 Å². The predicted octanol–water partition coefficient (Wildman–Crippen LogP) is 1.05. The monoisotopic (exact) mass is 154 g/mol. The topological polar surface area (TPSA) is 66.9 Å². The Morgan fingerprint density at radius 2 is 2.27 bits per heavy atom. The molecule has 2 atom stereocenters. The summed E-state index contributed by atoms with van der Waals surface area (Å²) >= 11 is 0. The average Bonchev–Trinajstić information content (AvgIpc) is 1.88. The van der Waals surface area contributed by atoms with Gasteiger partial charge in [0, 0.05) is 0 Å². The first-order valence-corrected chi connectivity index (χ1v) is 3.82. The van der Waals surface area contributed by atoms with Gasteiger partial charge in [-0.3, -0.25) is 4.79 Å². The van der Waals surface area contributed by atoms with Gasteiger partial charge in [0.2, 0.25) is 5.91 Å². The summed E-state index contributed by atoms with van der Waals surface area (Å²) in [5, 5.41) is 8.54. The van der Waals surface area contributed by atoms with Crippen LogP contribution in [0.1, 0.15) is 26.7 Å². The maximum Gasteiger partial charge on any atom is 0.235 e. The number of carbonyl (C=O) groups is 1. The van der Waals surface area contributed by atoms with Gasteiger partial charge in [-0.1, -0.05) is 20.3 Å². The molecule has 0 aromatic rings. The molecule has 0 aliphatic rings. The van der Waals surface area contributed by atoms with E-state index in [1.54, 1.807) is 0 Å². The molecule has 0 radical (unpaired) electrons. The highest BCUT2D eigenvalue weighted by Gasteiger charge is 2.20. The number of primary amides is 1. The van der Waals surface area contributed by atoms with Crippen molar-refractivity contribution >= 4 is 5.91 Å². The maximum atomic E-state index is 10.6. The van der Waals surface area contributed by atoms with Gasteiger partial charge in [-0.15, -0.1) is 0 Å². The molecular weight excluding hydrogens is 140 g/mol. The smallest absolute Gasteiger partial charge is 0.235 e. The fourth-order valence-electron chi connectivity index (χ4n) is 1.09. The predicted molar refractivity (Wildman–Crippen MR) is 42.4 cm³/mol. The first-order chi connectivity index (χ1) is 5.13. The van der Waals surface area contributed by atoms with Gasteiger partial charge in [0.25, 0.3) is 0 Å². The Hall–Kier alpha value is -1.04. The molecule has 1 amide bonds. The number of nitrogens with zero attached hydrogens (tertiary/aromatic N) is 1. The van der Waals surface area contributed by atoms with Crippen LogP contribution in [0.5, 0.6) is 0 Å². The van der Waals surface area contributed by atoms with Crippen LogP contribution in [0.15, 0.2) is 0 Å². The molecule has 0 unspecified atom stereocenters. The van der Waals surface area contributed by atoms with Gasteiger partial charge in [-0.2, -0.15) is 5.26 Å². The van der Waals surface area contributed by atoms with Crippen molar-refractivity contribution < 1.29 is 4.79 Å². The molecule has 0 heterocycles. The van der Waals surface area contributed by atoms with Crippen LogP contribution in [0.2, 0.25) is 0 Å². The van der Waals surface area contributed by atoms with Crippen LogP contribution in [0, 0.1) is 23.2 Å². The number of nitrogens with two attached hydrogens (primary N) is 1. The lowest BCUT2D eigenvalue weighted by atomic mass is 9.91. The summed E-state index contributed by atoms with van der Waals surface area (Å²) in [5.74, 6) is -1.04. The first-order valence-electron chi connectivity index (χ1n) is 3.82. The summed E-state index contributed by atoms with van der Waals surface area (Å²) < 4.78 is 0. The zero-order valence-electron chi connectivity index (χ0n) is 7.00. The number of hydrogen-bond donors (Lipinski definition) is 1. The van der Waals surface area contributed by atoms with Crippen molar-refractivity contribution in [2.45, 2.75) is 26.7 Å². The molecular formula is C8H14N2O. The van der Waals surface area contributed by atoms with Crippen molar-refractivity contribution in [3.05, 3.63) is 0 Å². The minimum absolute atomic E-state index is 0.0856. The highest BCUT2D eigenvalue weighted by atomic mass is 16.1. The van der Waals surface area contributed by atoms with E-state index in [4.69, 9.17) is 11.0 Å². The van der Waals surface area contributed by atoms with Gasteiger partial charge >= 0.3 is 0 Å². The number of hydrogen-bond acceptors (Lipinski definition) is 2. The molecule has 3 heteroatoms. The van der Waals surface area contributed by atoms with E-state index in [9.17, 15) is 4.79 Å². The van der Waals surface area contributed by atoms with Crippen LogP contribution in [-0.4, -0.2) is 5.91 Å². The van der Waals surface area contributed by atoms with Gasteiger partial charge in [-0.25, -0.2) is 0 Å². The second kappa shape index (κ2) is 4.73. The molecule has 0 fully saturated rings. The third-order valence-electron chi connectivity index (χ3n) is 1.76. The molecule has 11 heavy (non-hydrogen) atoms. The Bertz CT molecular complexity index is 171. The van der Waals surface area contributed by atoms with E-state index in [1.807, 2.05) is 19.9 Å². The Morgan fingerprint density at radius 1 is 1.73 bits per heavy atom. The average molecular weight is 154 g/mol. The third-order valence-corrected chi connectivity index (χ3v) is 1.76. The molecule has 0 bridgehead atoms. The Labute approximate surface area is 67.2 Å². The fourth-order valence-corrected chi connectivity index (χ4v) is 1.09. The Kier molecular flexibility index (Phi) is 4.28. The molecule has 0 aromatic carbocycles. The van der Waals surface area contributed by atoms with Crippen LogP contribution in [0.3, 0.4) is 0 Å². The van der Waals surface area contributed by atoms with Crippen LogP contribution >= 0.6 is 0 Å². The van der Waals surface area contributed by atoms with E-state index < -0.39 is 11.8 Å². The lowest BCUT2D eigenvalue weighted by Crippen LogP contribution is -2.27. The summed E-state index contributed by atoms with van der Waals surface area (Å²) in [5.41, 5.74) is 5.02. The van der Waals surface area contributed by atoms with E-state index in [2.05, 4.69) is 0 Å². The molecule has 0 saturated carbocycles. The molecule has 0 aliphatic carbocycles. The van der Waals surface area contributed by atoms with Crippen molar-refractivity contribution in [3.8, 4) is 6.07 Å². The summed E-state index contributed by atoms with van der Waals surface area (Å²) in [6, 6.07) is 1.91. The highest BCUT2D eigenvalue weighted by molar-refractivity contribution is 5.79. The van der Waals surface area contributed by atoms with Gasteiger partial charge in [0.05, 0.1) is 6.07 Å². The van der Waals surface area contributed by atoms with E-state index in [1.165, 1.54) is 0 Å². The Balaban J connectivity index is 4.05. The van der Waals surface area contributed by atoms with Crippen molar-refractivity contribution in [2.24, 2.45) is 17.6 Å². The molecule has 2 N–H and O–H groups in total. The molecule has 0 aromatic heterocycles. The van der Waals surface area contributed by atoms with Gasteiger partial charge in [0.1, 0.15) is 5.92 Å². The molecule has 0 spiro atoms. The quantitative estimate of drug-likeness (QED) is 0.657. The summed E-state index contributed by atoms with van der Waals surface area (Å²) in [4.78, 5) is 10.6. The highest BCUT2D eigenvalue weighted by Crippen LogP contribution is 2.15. The SMILES string of the molecule is CCC[C@@H](C)[C@H](C#N)C(N)=O. The molecule has 0 saturated heterocycles.